The summed E-state index contributed by atoms with van der Waals surface area (Å²) in [6, 6.07) is 5.45. The van der Waals surface area contributed by atoms with Gasteiger partial charge in [0.15, 0.2) is 0 Å². The fourth-order valence-electron chi connectivity index (χ4n) is 3.57. The Morgan fingerprint density at radius 3 is 2.57 bits per heavy atom. The van der Waals surface area contributed by atoms with E-state index in [1.165, 1.54) is 0 Å². The molecule has 9 heteroatoms. The lowest BCUT2D eigenvalue weighted by atomic mass is 10.0. The summed E-state index contributed by atoms with van der Waals surface area (Å²) in [6.45, 7) is 4.83. The fraction of sp³-hybridized carbons (Fsp3) is 0.571. The van der Waals surface area contributed by atoms with Gasteiger partial charge in [0.2, 0.25) is 11.8 Å². The number of carbonyl (C=O) groups excluding carboxylic acids is 3. The van der Waals surface area contributed by atoms with Crippen LogP contribution in [-0.4, -0.2) is 74.7 Å². The Morgan fingerprint density at radius 1 is 1.17 bits per heavy atom. The first-order valence-corrected chi connectivity index (χ1v) is 10.1. The van der Waals surface area contributed by atoms with Crippen LogP contribution in [0, 0.1) is 0 Å². The van der Waals surface area contributed by atoms with E-state index >= 15 is 0 Å². The molecule has 1 aliphatic heterocycles. The van der Waals surface area contributed by atoms with Crippen LogP contribution >= 0.6 is 0 Å². The van der Waals surface area contributed by atoms with E-state index in [0.29, 0.717) is 24.6 Å². The number of nitrogens with zero attached hydrogens (tertiary/aromatic N) is 2. The molecule has 0 saturated carbocycles. The van der Waals surface area contributed by atoms with Crippen LogP contribution in [0.5, 0.6) is 11.5 Å². The number of alkyl carbamates (subject to hydrolysis) is 1. The number of likely N-dealkylation sites (N-methyl/N-ethyl adjacent to an activating group) is 1. The van der Waals surface area contributed by atoms with Crippen LogP contribution in [0.2, 0.25) is 0 Å². The zero-order chi connectivity index (χ0) is 22.1. The van der Waals surface area contributed by atoms with Gasteiger partial charge in [0, 0.05) is 12.1 Å². The molecular weight excluding hydrogens is 390 g/mol. The predicted molar refractivity (Wildman–Crippen MR) is 111 cm³/mol. The van der Waals surface area contributed by atoms with E-state index in [2.05, 4.69) is 5.32 Å². The van der Waals surface area contributed by atoms with Crippen molar-refractivity contribution in [2.45, 2.75) is 32.7 Å². The topological polar surface area (TPSA) is 97.4 Å². The van der Waals surface area contributed by atoms with Crippen LogP contribution < -0.4 is 14.8 Å². The monoisotopic (exact) mass is 421 g/mol. The van der Waals surface area contributed by atoms with Gasteiger partial charge in [0.05, 0.1) is 40.0 Å². The summed E-state index contributed by atoms with van der Waals surface area (Å²) in [5.41, 5.74) is 0.908. The smallest absolute Gasteiger partial charge is 0.413 e. The summed E-state index contributed by atoms with van der Waals surface area (Å²) in [5.74, 6) is 0.835. The molecule has 3 amide bonds. The highest BCUT2D eigenvalue weighted by atomic mass is 16.5. The fourth-order valence-corrected chi connectivity index (χ4v) is 3.57. The van der Waals surface area contributed by atoms with Crippen LogP contribution in [0.15, 0.2) is 18.2 Å². The molecule has 1 fully saturated rings. The van der Waals surface area contributed by atoms with E-state index < -0.39 is 12.0 Å². The van der Waals surface area contributed by atoms with Crippen molar-refractivity contribution in [3.8, 4) is 11.5 Å². The average Bonchev–Trinajstić information content (AvgIpc) is 3.22. The second-order valence-electron chi connectivity index (χ2n) is 6.92. The summed E-state index contributed by atoms with van der Waals surface area (Å²) in [4.78, 5) is 40.0. The third-order valence-electron chi connectivity index (χ3n) is 5.06. The Balaban J connectivity index is 2.06. The van der Waals surface area contributed by atoms with E-state index in [-0.39, 0.29) is 31.6 Å². The first-order valence-electron chi connectivity index (χ1n) is 10.1. The molecule has 0 aliphatic carbocycles. The lowest BCUT2D eigenvalue weighted by Crippen LogP contribution is -2.45. The summed E-state index contributed by atoms with van der Waals surface area (Å²) >= 11 is 0. The van der Waals surface area contributed by atoms with Crippen molar-refractivity contribution in [3.63, 3.8) is 0 Å². The Hall–Kier alpha value is -2.81. The van der Waals surface area contributed by atoms with Crippen molar-refractivity contribution in [3.05, 3.63) is 23.8 Å². The van der Waals surface area contributed by atoms with Gasteiger partial charge in [-0.1, -0.05) is 6.92 Å². The number of methoxy groups -OCH3 is 2. The molecule has 0 unspecified atom stereocenters. The van der Waals surface area contributed by atoms with Crippen LogP contribution in [0.25, 0.3) is 0 Å². The molecule has 1 atom stereocenters. The van der Waals surface area contributed by atoms with Gasteiger partial charge in [-0.15, -0.1) is 0 Å². The Labute approximate surface area is 177 Å². The molecule has 0 aromatic heterocycles. The van der Waals surface area contributed by atoms with Crippen LogP contribution in [0.3, 0.4) is 0 Å². The molecule has 30 heavy (non-hydrogen) atoms. The summed E-state index contributed by atoms with van der Waals surface area (Å²) in [6.07, 6.45) is 0.923. The lowest BCUT2D eigenvalue weighted by Gasteiger charge is -2.29. The van der Waals surface area contributed by atoms with Crippen molar-refractivity contribution < 1.29 is 28.6 Å². The second-order valence-corrected chi connectivity index (χ2v) is 6.92. The number of imide groups is 1. The third kappa shape index (κ3) is 6.09. The Bertz CT molecular complexity index is 754. The van der Waals surface area contributed by atoms with E-state index in [1.54, 1.807) is 26.0 Å². The normalized spacial score (nSPS) is 15.8. The first-order chi connectivity index (χ1) is 14.4. The minimum atomic E-state index is -0.783. The van der Waals surface area contributed by atoms with Crippen molar-refractivity contribution >= 4 is 17.9 Å². The van der Waals surface area contributed by atoms with Gasteiger partial charge in [-0.2, -0.15) is 0 Å². The predicted octanol–water partition coefficient (Wildman–Crippen LogP) is 1.96. The van der Waals surface area contributed by atoms with E-state index in [0.717, 1.165) is 18.4 Å². The maximum Gasteiger partial charge on any atom is 0.413 e. The number of likely N-dealkylation sites (tertiary alicyclic amines) is 1. The van der Waals surface area contributed by atoms with Crippen molar-refractivity contribution in [2.75, 3.05) is 47.0 Å². The van der Waals surface area contributed by atoms with Crippen molar-refractivity contribution in [2.24, 2.45) is 0 Å². The first kappa shape index (κ1) is 23.5. The molecule has 1 aliphatic rings. The molecule has 2 rings (SSSR count). The third-order valence-corrected chi connectivity index (χ3v) is 5.06. The van der Waals surface area contributed by atoms with Crippen LogP contribution in [0.1, 0.15) is 38.3 Å². The lowest BCUT2D eigenvalue weighted by molar-refractivity contribution is -0.134. The van der Waals surface area contributed by atoms with Gasteiger partial charge in [0.1, 0.15) is 11.5 Å². The molecule has 166 valence electrons. The number of hydrogen-bond donors (Lipinski definition) is 1. The number of carbonyl (C=O) groups is 3. The number of amides is 3. The van der Waals surface area contributed by atoms with Crippen LogP contribution in [0.4, 0.5) is 4.79 Å². The van der Waals surface area contributed by atoms with Crippen LogP contribution in [-0.2, 0) is 14.3 Å². The molecule has 0 bridgehead atoms. The molecular formula is C21H31N3O6. The number of benzene rings is 1. The number of ether oxygens (including phenoxy) is 3. The van der Waals surface area contributed by atoms with E-state index in [1.807, 2.05) is 30.0 Å². The van der Waals surface area contributed by atoms with Crippen molar-refractivity contribution in [1.29, 1.82) is 0 Å². The SMILES string of the molecule is CCOC(=O)NC(=O)CN(CC)CC(=O)N1CCC[C@@H]1c1cc(OC)ccc1OC. The zero-order valence-electron chi connectivity index (χ0n) is 18.1. The minimum absolute atomic E-state index is 0.0674. The van der Waals surface area contributed by atoms with E-state index in [4.69, 9.17) is 14.2 Å². The van der Waals surface area contributed by atoms with Gasteiger partial charge in [-0.3, -0.25) is 19.8 Å². The number of hydrogen-bond acceptors (Lipinski definition) is 7. The maximum atomic E-state index is 13.0. The molecule has 1 N–H and O–H groups in total. The van der Waals surface area contributed by atoms with Crippen molar-refractivity contribution in [1.82, 2.24) is 15.1 Å². The van der Waals surface area contributed by atoms with Gasteiger partial charge in [-0.05, 0) is 44.5 Å². The second kappa shape index (κ2) is 11.4. The van der Waals surface area contributed by atoms with Gasteiger partial charge >= 0.3 is 6.09 Å². The highest BCUT2D eigenvalue weighted by molar-refractivity contribution is 5.93. The van der Waals surface area contributed by atoms with E-state index in [9.17, 15) is 14.4 Å². The number of rotatable bonds is 9. The standard InChI is InChI=1S/C21H31N3O6/c1-5-23(13-19(25)22-21(27)30-6-2)14-20(26)24-11-7-8-17(24)16-12-15(28-3)9-10-18(16)29-4/h9-10,12,17H,5-8,11,13-14H2,1-4H3,(H,22,25,27)/t17-/m1/s1. The van der Waals surface area contributed by atoms with Gasteiger partial charge in [-0.25, -0.2) is 4.79 Å². The minimum Gasteiger partial charge on any atom is -0.497 e. The molecule has 1 aromatic rings. The molecule has 0 radical (unpaired) electrons. The Morgan fingerprint density at radius 2 is 1.93 bits per heavy atom. The number of nitrogens with one attached hydrogen (secondary N) is 1. The maximum absolute atomic E-state index is 13.0. The molecule has 1 aromatic carbocycles. The summed E-state index contributed by atoms with van der Waals surface area (Å²) in [7, 11) is 3.21. The quantitative estimate of drug-likeness (QED) is 0.651. The highest BCUT2D eigenvalue weighted by Crippen LogP contribution is 2.38. The summed E-state index contributed by atoms with van der Waals surface area (Å²) < 4.78 is 15.5. The average molecular weight is 421 g/mol. The molecule has 9 nitrogen and oxygen atoms in total. The largest absolute Gasteiger partial charge is 0.497 e. The molecule has 1 heterocycles. The zero-order valence-corrected chi connectivity index (χ0v) is 18.1. The van der Waals surface area contributed by atoms with Gasteiger partial charge < -0.3 is 19.1 Å². The summed E-state index contributed by atoms with van der Waals surface area (Å²) in [5, 5.41) is 2.15. The van der Waals surface area contributed by atoms with Gasteiger partial charge in [0.25, 0.3) is 0 Å². The molecule has 1 saturated heterocycles. The molecule has 0 spiro atoms. The Kier molecular flexibility index (Phi) is 8.91. The highest BCUT2D eigenvalue weighted by Gasteiger charge is 2.33.